The van der Waals surface area contributed by atoms with E-state index in [9.17, 15) is 14.4 Å². The first-order chi connectivity index (χ1) is 14.5. The van der Waals surface area contributed by atoms with Gasteiger partial charge in [0, 0.05) is 19.8 Å². The zero-order valence-corrected chi connectivity index (χ0v) is 16.2. The quantitative estimate of drug-likeness (QED) is 0.489. The van der Waals surface area contributed by atoms with Crippen molar-refractivity contribution in [3.05, 3.63) is 75.8 Å². The molecule has 30 heavy (non-hydrogen) atoms. The van der Waals surface area contributed by atoms with Gasteiger partial charge in [-0.2, -0.15) is 0 Å². The summed E-state index contributed by atoms with van der Waals surface area (Å²) in [6.07, 6.45) is 2.98. The molecule has 0 saturated heterocycles. The molecule has 1 N–H and O–H groups in total. The van der Waals surface area contributed by atoms with Crippen molar-refractivity contribution in [1.29, 1.82) is 0 Å². The number of carbonyl (C=O) groups is 1. The highest BCUT2D eigenvalue weighted by molar-refractivity contribution is 5.78. The molecule has 0 aliphatic rings. The summed E-state index contributed by atoms with van der Waals surface area (Å²) >= 11 is 0. The molecule has 10 nitrogen and oxygen atoms in total. The number of fused-ring (bicyclic) bond motifs is 1. The number of hydrogen-bond acceptors (Lipinski definition) is 6. The van der Waals surface area contributed by atoms with Gasteiger partial charge in [-0.25, -0.2) is 14.5 Å². The standard InChI is InChI=1S/C20H19N7O3/c1-25-18(16-8-4-5-9-21-16)24-27(20(25)30)11-10-22-17(28)12-26-13-23-15-7-3-2-6-14(15)19(26)29/h2-9,13H,10-12H2,1H3,(H,22,28). The SMILES string of the molecule is Cn1c(-c2ccccn2)nn(CCNC(=O)Cn2cnc3ccccc3c2=O)c1=O. The lowest BCUT2D eigenvalue weighted by atomic mass is 10.2. The Morgan fingerprint density at radius 3 is 2.67 bits per heavy atom. The van der Waals surface area contributed by atoms with Crippen LogP contribution in [0.5, 0.6) is 0 Å². The minimum Gasteiger partial charge on any atom is -0.353 e. The van der Waals surface area contributed by atoms with Crippen molar-refractivity contribution in [1.82, 2.24) is 34.2 Å². The molecule has 0 aliphatic carbocycles. The van der Waals surface area contributed by atoms with Crippen LogP contribution in [0.3, 0.4) is 0 Å². The maximum Gasteiger partial charge on any atom is 0.346 e. The number of rotatable bonds is 6. The summed E-state index contributed by atoms with van der Waals surface area (Å²) in [6, 6.07) is 12.3. The van der Waals surface area contributed by atoms with Crippen molar-refractivity contribution in [2.75, 3.05) is 6.54 Å². The molecule has 4 rings (SSSR count). The molecule has 0 unspecified atom stereocenters. The summed E-state index contributed by atoms with van der Waals surface area (Å²) in [7, 11) is 1.62. The van der Waals surface area contributed by atoms with Crippen molar-refractivity contribution >= 4 is 16.8 Å². The summed E-state index contributed by atoms with van der Waals surface area (Å²) in [5, 5.41) is 7.45. The zero-order chi connectivity index (χ0) is 21.1. The average molecular weight is 405 g/mol. The lowest BCUT2D eigenvalue weighted by molar-refractivity contribution is -0.121. The van der Waals surface area contributed by atoms with Gasteiger partial charge >= 0.3 is 5.69 Å². The number of nitrogens with zero attached hydrogens (tertiary/aromatic N) is 6. The van der Waals surface area contributed by atoms with Gasteiger partial charge in [-0.05, 0) is 24.3 Å². The Kier molecular flexibility index (Phi) is 5.21. The van der Waals surface area contributed by atoms with Crippen molar-refractivity contribution in [2.45, 2.75) is 13.1 Å². The summed E-state index contributed by atoms with van der Waals surface area (Å²) in [5.41, 5.74) is 0.581. The molecule has 0 saturated carbocycles. The molecule has 0 fully saturated rings. The molecule has 3 heterocycles. The Morgan fingerprint density at radius 1 is 1.07 bits per heavy atom. The van der Waals surface area contributed by atoms with E-state index in [1.807, 2.05) is 6.07 Å². The summed E-state index contributed by atoms with van der Waals surface area (Å²) in [5.74, 6) is 0.0869. The van der Waals surface area contributed by atoms with Crippen LogP contribution in [0.2, 0.25) is 0 Å². The van der Waals surface area contributed by atoms with E-state index in [-0.39, 0.29) is 36.8 Å². The fraction of sp³-hybridized carbons (Fsp3) is 0.200. The van der Waals surface area contributed by atoms with Crippen LogP contribution >= 0.6 is 0 Å². The minimum atomic E-state index is -0.358. The zero-order valence-electron chi connectivity index (χ0n) is 16.2. The smallest absolute Gasteiger partial charge is 0.346 e. The third kappa shape index (κ3) is 3.75. The highest BCUT2D eigenvalue weighted by Crippen LogP contribution is 2.10. The Bertz CT molecular complexity index is 1320. The number of pyridine rings is 1. The van der Waals surface area contributed by atoms with Gasteiger partial charge in [-0.3, -0.25) is 23.7 Å². The second-order valence-corrected chi connectivity index (χ2v) is 6.65. The second kappa shape index (κ2) is 8.11. The maximum absolute atomic E-state index is 12.5. The highest BCUT2D eigenvalue weighted by Gasteiger charge is 2.13. The molecule has 1 amide bonds. The first-order valence-electron chi connectivity index (χ1n) is 9.31. The normalized spacial score (nSPS) is 11.0. The molecule has 152 valence electrons. The van der Waals surface area contributed by atoms with E-state index in [1.54, 1.807) is 49.6 Å². The van der Waals surface area contributed by atoms with Crippen LogP contribution in [-0.2, 0) is 24.9 Å². The molecule has 1 aromatic carbocycles. The summed E-state index contributed by atoms with van der Waals surface area (Å²) in [6.45, 7) is 0.219. The number of aromatic nitrogens is 6. The average Bonchev–Trinajstić information content (AvgIpc) is 3.05. The lowest BCUT2D eigenvalue weighted by Gasteiger charge is -2.07. The molecule has 10 heteroatoms. The lowest BCUT2D eigenvalue weighted by Crippen LogP contribution is -2.35. The predicted molar refractivity (Wildman–Crippen MR) is 110 cm³/mol. The van der Waals surface area contributed by atoms with Crippen LogP contribution in [0.15, 0.2) is 64.6 Å². The van der Waals surface area contributed by atoms with Crippen LogP contribution in [0.4, 0.5) is 0 Å². The number of para-hydroxylation sites is 1. The predicted octanol–water partition coefficient (Wildman–Crippen LogP) is 0.170. The van der Waals surface area contributed by atoms with E-state index < -0.39 is 0 Å². The monoisotopic (exact) mass is 405 g/mol. The highest BCUT2D eigenvalue weighted by atomic mass is 16.2. The van der Waals surface area contributed by atoms with Crippen LogP contribution < -0.4 is 16.6 Å². The van der Waals surface area contributed by atoms with Crippen molar-refractivity contribution in [3.63, 3.8) is 0 Å². The van der Waals surface area contributed by atoms with Gasteiger partial charge in [0.1, 0.15) is 12.2 Å². The van der Waals surface area contributed by atoms with Gasteiger partial charge in [-0.15, -0.1) is 5.10 Å². The summed E-state index contributed by atoms with van der Waals surface area (Å²) in [4.78, 5) is 45.5. The van der Waals surface area contributed by atoms with E-state index in [2.05, 4.69) is 20.4 Å². The van der Waals surface area contributed by atoms with Gasteiger partial charge in [0.25, 0.3) is 5.56 Å². The number of carbonyl (C=O) groups excluding carboxylic acids is 1. The number of hydrogen-bond donors (Lipinski definition) is 1. The van der Waals surface area contributed by atoms with Gasteiger partial charge < -0.3 is 5.32 Å². The third-order valence-corrected chi connectivity index (χ3v) is 4.63. The molecule has 0 spiro atoms. The van der Waals surface area contributed by atoms with Crippen molar-refractivity contribution in [2.24, 2.45) is 7.05 Å². The van der Waals surface area contributed by atoms with Gasteiger partial charge in [0.2, 0.25) is 5.91 Å². The number of nitrogens with one attached hydrogen (secondary N) is 1. The van der Waals surface area contributed by atoms with Crippen molar-refractivity contribution in [3.8, 4) is 11.5 Å². The third-order valence-electron chi connectivity index (χ3n) is 4.63. The molecule has 0 radical (unpaired) electrons. The molecule has 0 atom stereocenters. The first kappa shape index (κ1) is 19.2. The minimum absolute atomic E-state index is 0.160. The van der Waals surface area contributed by atoms with Gasteiger partial charge in [-0.1, -0.05) is 18.2 Å². The Balaban J connectivity index is 1.40. The Hall–Kier alpha value is -4.08. The maximum atomic E-state index is 12.5. The number of amides is 1. The molecule has 0 aliphatic heterocycles. The Labute approximate surface area is 170 Å². The molecule has 4 aromatic rings. The molecule has 0 bridgehead atoms. The van der Waals surface area contributed by atoms with E-state index in [4.69, 9.17) is 0 Å². The van der Waals surface area contributed by atoms with Crippen LogP contribution in [0, 0.1) is 0 Å². The van der Waals surface area contributed by atoms with E-state index in [0.717, 1.165) is 0 Å². The van der Waals surface area contributed by atoms with Crippen LogP contribution in [0.25, 0.3) is 22.4 Å². The van der Waals surface area contributed by atoms with Gasteiger partial charge in [0.15, 0.2) is 5.82 Å². The van der Waals surface area contributed by atoms with E-state index >= 15 is 0 Å². The fourth-order valence-corrected chi connectivity index (χ4v) is 3.08. The van der Waals surface area contributed by atoms with Gasteiger partial charge in [0.05, 0.1) is 23.8 Å². The van der Waals surface area contributed by atoms with Crippen molar-refractivity contribution < 1.29 is 4.79 Å². The molecular weight excluding hydrogens is 386 g/mol. The number of benzene rings is 1. The van der Waals surface area contributed by atoms with Crippen LogP contribution in [-0.4, -0.2) is 41.3 Å². The van der Waals surface area contributed by atoms with Crippen LogP contribution in [0.1, 0.15) is 0 Å². The molecule has 3 aromatic heterocycles. The van der Waals surface area contributed by atoms with E-state index in [1.165, 1.54) is 20.1 Å². The van der Waals surface area contributed by atoms with E-state index in [0.29, 0.717) is 22.4 Å². The topological polar surface area (TPSA) is 117 Å². The Morgan fingerprint density at radius 2 is 1.87 bits per heavy atom. The molecular formula is C20H19N7O3. The largest absolute Gasteiger partial charge is 0.353 e. The first-order valence-corrected chi connectivity index (χ1v) is 9.31. The summed E-state index contributed by atoms with van der Waals surface area (Å²) < 4.78 is 3.93. The second-order valence-electron chi connectivity index (χ2n) is 6.65. The fourth-order valence-electron chi connectivity index (χ4n) is 3.08.